The van der Waals surface area contributed by atoms with Gasteiger partial charge in [0.05, 0.1) is 26.4 Å². The van der Waals surface area contributed by atoms with E-state index in [1.165, 1.54) is 14.0 Å². The summed E-state index contributed by atoms with van der Waals surface area (Å²) in [5, 5.41) is 19.4. The van der Waals surface area contributed by atoms with Gasteiger partial charge in [-0.25, -0.2) is 4.79 Å². The number of carbonyl (C=O) groups excluding carboxylic acids is 4. The van der Waals surface area contributed by atoms with Crippen molar-refractivity contribution in [2.45, 2.75) is 116 Å². The van der Waals surface area contributed by atoms with Crippen molar-refractivity contribution in [2.24, 2.45) is 0 Å². The standard InChI is InChI=1S/C33H52O14/c1-21(2)30(37)41-17-11-8-14-25(34)45-24-20-44-33(40-7)29(47-27(36)16-10-13-19-43-32(39)23(5)6)28(24)46-26(35)15-9-12-18-42-31(38)22(3)4/h24,28-29,31-33,38-39H,1,3,5,8-20H2,2,4,6-7H3. The van der Waals surface area contributed by atoms with Crippen molar-refractivity contribution in [1.82, 2.24) is 0 Å². The zero-order valence-corrected chi connectivity index (χ0v) is 28.1. The van der Waals surface area contributed by atoms with E-state index in [1.807, 2.05) is 0 Å². The summed E-state index contributed by atoms with van der Waals surface area (Å²) in [4.78, 5) is 49.9. The van der Waals surface area contributed by atoms with E-state index < -0.39 is 61.1 Å². The second-order valence-corrected chi connectivity index (χ2v) is 11.3. The first-order valence-electron chi connectivity index (χ1n) is 15.7. The molecule has 0 aromatic rings. The van der Waals surface area contributed by atoms with Crippen molar-refractivity contribution in [3.8, 4) is 0 Å². The molecule has 0 spiro atoms. The Kier molecular flexibility index (Phi) is 20.7. The molecule has 1 aliphatic rings. The third-order valence-corrected chi connectivity index (χ3v) is 6.74. The topological polar surface area (TPSA) is 183 Å². The second-order valence-electron chi connectivity index (χ2n) is 11.3. The quantitative estimate of drug-likeness (QED) is 0.0381. The lowest BCUT2D eigenvalue weighted by Crippen LogP contribution is -2.58. The van der Waals surface area contributed by atoms with Crippen LogP contribution in [0.5, 0.6) is 0 Å². The van der Waals surface area contributed by atoms with E-state index in [9.17, 15) is 29.4 Å². The van der Waals surface area contributed by atoms with Crippen LogP contribution in [0.2, 0.25) is 0 Å². The van der Waals surface area contributed by atoms with Gasteiger partial charge in [-0.3, -0.25) is 14.4 Å². The molecule has 1 fully saturated rings. The van der Waals surface area contributed by atoms with Gasteiger partial charge in [-0.2, -0.15) is 0 Å². The van der Waals surface area contributed by atoms with Gasteiger partial charge in [0.15, 0.2) is 37.2 Å². The maximum Gasteiger partial charge on any atom is 0.333 e. The number of unbranched alkanes of at least 4 members (excludes halogenated alkanes) is 3. The van der Waals surface area contributed by atoms with Crippen LogP contribution in [0.25, 0.3) is 0 Å². The Hall–Kier alpha value is -3.14. The van der Waals surface area contributed by atoms with Crippen molar-refractivity contribution in [3.05, 3.63) is 36.5 Å². The van der Waals surface area contributed by atoms with Gasteiger partial charge in [0.25, 0.3) is 0 Å². The maximum atomic E-state index is 12.9. The molecule has 0 aliphatic carbocycles. The number of hydrogen-bond acceptors (Lipinski definition) is 14. The van der Waals surface area contributed by atoms with Crippen LogP contribution in [-0.2, 0) is 57.1 Å². The summed E-state index contributed by atoms with van der Waals surface area (Å²) in [6.45, 7) is 15.8. The molecule has 0 saturated carbocycles. The average Bonchev–Trinajstić information content (AvgIpc) is 3.01. The van der Waals surface area contributed by atoms with E-state index >= 15 is 0 Å². The average molecular weight is 673 g/mol. The molecule has 0 bridgehead atoms. The van der Waals surface area contributed by atoms with Gasteiger partial charge in [-0.1, -0.05) is 19.7 Å². The van der Waals surface area contributed by atoms with Crippen LogP contribution in [0.15, 0.2) is 36.5 Å². The molecular formula is C33H52O14. The molecule has 6 atom stereocenters. The molecule has 0 aromatic heterocycles. The molecule has 268 valence electrons. The van der Waals surface area contributed by atoms with Crippen molar-refractivity contribution >= 4 is 23.9 Å². The Morgan fingerprint density at radius 2 is 1.15 bits per heavy atom. The minimum atomic E-state index is -1.25. The molecule has 0 radical (unpaired) electrons. The lowest BCUT2D eigenvalue weighted by molar-refractivity contribution is -0.275. The van der Waals surface area contributed by atoms with Crippen molar-refractivity contribution in [3.63, 3.8) is 0 Å². The van der Waals surface area contributed by atoms with Gasteiger partial charge >= 0.3 is 23.9 Å². The Morgan fingerprint density at radius 1 is 0.702 bits per heavy atom. The Morgan fingerprint density at radius 3 is 1.60 bits per heavy atom. The first-order chi connectivity index (χ1) is 22.3. The fraction of sp³-hybridized carbons (Fsp3) is 0.697. The summed E-state index contributed by atoms with van der Waals surface area (Å²) < 4.78 is 43.5. The summed E-state index contributed by atoms with van der Waals surface area (Å²) in [7, 11) is 1.33. The molecule has 1 heterocycles. The molecule has 0 aromatic carbocycles. The third kappa shape index (κ3) is 17.5. The highest BCUT2D eigenvalue weighted by atomic mass is 16.7. The summed E-state index contributed by atoms with van der Waals surface area (Å²) in [6, 6.07) is 0. The highest BCUT2D eigenvalue weighted by Crippen LogP contribution is 2.26. The van der Waals surface area contributed by atoms with Crippen LogP contribution < -0.4 is 0 Å². The molecule has 14 nitrogen and oxygen atoms in total. The largest absolute Gasteiger partial charge is 0.462 e. The first-order valence-corrected chi connectivity index (χ1v) is 15.7. The number of aliphatic hydroxyl groups is 2. The summed E-state index contributed by atoms with van der Waals surface area (Å²) in [5.74, 6) is -2.40. The van der Waals surface area contributed by atoms with Gasteiger partial charge in [0.1, 0.15) is 0 Å². The smallest absolute Gasteiger partial charge is 0.333 e. The van der Waals surface area contributed by atoms with Crippen molar-refractivity contribution < 1.29 is 67.3 Å². The number of ether oxygens (including phenoxy) is 8. The van der Waals surface area contributed by atoms with Gasteiger partial charge in [-0.15, -0.1) is 0 Å². The highest BCUT2D eigenvalue weighted by Gasteiger charge is 2.47. The van der Waals surface area contributed by atoms with Gasteiger partial charge in [0.2, 0.25) is 0 Å². The number of aliphatic hydroxyl groups excluding tert-OH is 2. The summed E-state index contributed by atoms with van der Waals surface area (Å²) in [6.07, 6.45) is -4.55. The zero-order chi connectivity index (χ0) is 35.4. The lowest BCUT2D eigenvalue weighted by atomic mass is 10.0. The summed E-state index contributed by atoms with van der Waals surface area (Å²) >= 11 is 0. The highest BCUT2D eigenvalue weighted by molar-refractivity contribution is 5.86. The van der Waals surface area contributed by atoms with E-state index in [0.29, 0.717) is 49.7 Å². The van der Waals surface area contributed by atoms with Gasteiger partial charge < -0.3 is 48.1 Å². The number of hydrogen-bond donors (Lipinski definition) is 2. The normalized spacial score (nSPS) is 20.4. The van der Waals surface area contributed by atoms with Crippen molar-refractivity contribution in [1.29, 1.82) is 0 Å². The Labute approximate surface area is 276 Å². The molecule has 47 heavy (non-hydrogen) atoms. The SMILES string of the molecule is C=C(C)C(=O)OCCCCC(=O)OC1COC(OC)C(OC(=O)CCCCOC(O)C(=C)C)C1OC(=O)CCCCOC(O)C(=C)C. The molecule has 1 rings (SSSR count). The fourth-order valence-corrected chi connectivity index (χ4v) is 4.04. The van der Waals surface area contributed by atoms with Crippen molar-refractivity contribution in [2.75, 3.05) is 33.5 Å². The zero-order valence-electron chi connectivity index (χ0n) is 28.1. The van der Waals surface area contributed by atoms with E-state index in [-0.39, 0.29) is 51.3 Å². The second kappa shape index (κ2) is 23.2. The Balaban J connectivity index is 2.84. The van der Waals surface area contributed by atoms with E-state index in [4.69, 9.17) is 37.9 Å². The lowest BCUT2D eigenvalue weighted by Gasteiger charge is -2.40. The molecule has 1 aliphatic heterocycles. The number of methoxy groups -OCH3 is 1. The minimum Gasteiger partial charge on any atom is -0.462 e. The number of carbonyl (C=O) groups is 4. The van der Waals surface area contributed by atoms with Crippen LogP contribution in [0.1, 0.15) is 78.6 Å². The Bertz CT molecular complexity index is 1040. The van der Waals surface area contributed by atoms with Gasteiger partial charge in [-0.05, 0) is 70.4 Å². The first kappa shape index (κ1) is 41.9. The fourth-order valence-electron chi connectivity index (χ4n) is 4.04. The molecule has 1 saturated heterocycles. The molecule has 2 N–H and O–H groups in total. The van der Waals surface area contributed by atoms with Crippen LogP contribution in [-0.4, -0.2) is 105 Å². The van der Waals surface area contributed by atoms with Crippen LogP contribution in [0.3, 0.4) is 0 Å². The van der Waals surface area contributed by atoms with Crippen LogP contribution in [0, 0.1) is 0 Å². The molecule has 14 heteroatoms. The number of esters is 4. The predicted molar refractivity (Wildman–Crippen MR) is 167 cm³/mol. The van der Waals surface area contributed by atoms with Crippen LogP contribution >= 0.6 is 0 Å². The predicted octanol–water partition coefficient (Wildman–Crippen LogP) is 3.18. The monoisotopic (exact) mass is 672 g/mol. The van der Waals surface area contributed by atoms with E-state index in [2.05, 4.69) is 19.7 Å². The van der Waals surface area contributed by atoms with E-state index in [0.717, 1.165) is 0 Å². The number of rotatable bonds is 24. The molecule has 0 amide bonds. The summed E-state index contributed by atoms with van der Waals surface area (Å²) in [5.41, 5.74) is 1.19. The van der Waals surface area contributed by atoms with Crippen LogP contribution in [0.4, 0.5) is 0 Å². The third-order valence-electron chi connectivity index (χ3n) is 6.74. The minimum absolute atomic E-state index is 0.0157. The maximum absolute atomic E-state index is 12.9. The molecule has 6 unspecified atom stereocenters. The van der Waals surface area contributed by atoms with E-state index in [1.54, 1.807) is 13.8 Å². The molecular weight excluding hydrogens is 620 g/mol. The van der Waals surface area contributed by atoms with Gasteiger partial charge in [0, 0.05) is 31.9 Å².